The van der Waals surface area contributed by atoms with Crippen LogP contribution in [-0.4, -0.2) is 15.2 Å². The summed E-state index contributed by atoms with van der Waals surface area (Å²) >= 11 is 0. The van der Waals surface area contributed by atoms with Crippen molar-refractivity contribution in [2.45, 2.75) is 6.61 Å². The minimum Gasteiger partial charge on any atom is -0.488 e. The largest absolute Gasteiger partial charge is 0.488 e. The first kappa shape index (κ1) is 14.3. The van der Waals surface area contributed by atoms with Gasteiger partial charge in [0, 0.05) is 5.56 Å². The van der Waals surface area contributed by atoms with E-state index in [0.717, 1.165) is 28.0 Å². The van der Waals surface area contributed by atoms with Gasteiger partial charge in [0.05, 0.1) is 11.1 Å². The van der Waals surface area contributed by atoms with Crippen molar-refractivity contribution in [2.75, 3.05) is 5.73 Å². The van der Waals surface area contributed by atoms with Gasteiger partial charge in [0.15, 0.2) is 5.65 Å². The second-order valence-electron chi connectivity index (χ2n) is 5.48. The molecule has 2 aromatic heterocycles. The Bertz CT molecular complexity index is 979. The lowest BCUT2D eigenvalue weighted by Crippen LogP contribution is -1.97. The van der Waals surface area contributed by atoms with Crippen molar-refractivity contribution >= 4 is 16.9 Å². The van der Waals surface area contributed by atoms with E-state index in [-0.39, 0.29) is 0 Å². The van der Waals surface area contributed by atoms with Gasteiger partial charge in [0.25, 0.3) is 0 Å². The molecule has 0 bridgehead atoms. The molecular formula is C19H16N4O. The highest BCUT2D eigenvalue weighted by atomic mass is 16.5. The van der Waals surface area contributed by atoms with E-state index in [1.807, 2.05) is 66.7 Å². The standard InChI is InChI=1S/C19H16N4O/c20-18-15-10-11-16(21-19(15)23-22-18)14-8-4-5-9-17(14)24-12-13-6-2-1-3-7-13/h1-11H,12H2,(H3,20,21,22,23). The maximum atomic E-state index is 6.00. The van der Waals surface area contributed by atoms with Gasteiger partial charge >= 0.3 is 0 Å². The second kappa shape index (κ2) is 6.04. The van der Waals surface area contributed by atoms with Gasteiger partial charge in [-0.25, -0.2) is 4.98 Å². The van der Waals surface area contributed by atoms with Crippen LogP contribution >= 0.6 is 0 Å². The van der Waals surface area contributed by atoms with Crippen molar-refractivity contribution in [3.63, 3.8) is 0 Å². The van der Waals surface area contributed by atoms with Gasteiger partial charge in [-0.1, -0.05) is 42.5 Å². The summed E-state index contributed by atoms with van der Waals surface area (Å²) < 4.78 is 6.00. The lowest BCUT2D eigenvalue weighted by molar-refractivity contribution is 0.307. The van der Waals surface area contributed by atoms with Gasteiger partial charge in [0.2, 0.25) is 0 Å². The van der Waals surface area contributed by atoms with E-state index in [2.05, 4.69) is 15.2 Å². The molecule has 5 nitrogen and oxygen atoms in total. The molecular weight excluding hydrogens is 300 g/mol. The van der Waals surface area contributed by atoms with Crippen LogP contribution in [0.1, 0.15) is 5.56 Å². The number of hydrogen-bond acceptors (Lipinski definition) is 4. The number of pyridine rings is 1. The van der Waals surface area contributed by atoms with Gasteiger partial charge < -0.3 is 10.5 Å². The highest BCUT2D eigenvalue weighted by molar-refractivity contribution is 5.87. The molecule has 4 aromatic rings. The van der Waals surface area contributed by atoms with Crippen LogP contribution < -0.4 is 10.5 Å². The summed E-state index contributed by atoms with van der Waals surface area (Å²) in [6, 6.07) is 21.8. The van der Waals surface area contributed by atoms with Crippen molar-refractivity contribution in [3.05, 3.63) is 72.3 Å². The molecule has 24 heavy (non-hydrogen) atoms. The number of rotatable bonds is 4. The molecule has 5 heteroatoms. The number of nitrogens with one attached hydrogen (secondary N) is 1. The van der Waals surface area contributed by atoms with Crippen molar-refractivity contribution in [2.24, 2.45) is 0 Å². The molecule has 0 atom stereocenters. The summed E-state index contributed by atoms with van der Waals surface area (Å²) in [7, 11) is 0. The maximum Gasteiger partial charge on any atom is 0.183 e. The maximum absolute atomic E-state index is 6.00. The lowest BCUT2D eigenvalue weighted by Gasteiger charge is -2.11. The number of nitrogen functional groups attached to an aromatic ring is 1. The zero-order valence-corrected chi connectivity index (χ0v) is 12.9. The number of H-pyrrole nitrogens is 1. The number of anilines is 1. The molecule has 0 unspecified atom stereocenters. The second-order valence-corrected chi connectivity index (χ2v) is 5.48. The molecule has 0 radical (unpaired) electrons. The molecule has 4 rings (SSSR count). The number of nitrogens with zero attached hydrogens (tertiary/aromatic N) is 2. The summed E-state index contributed by atoms with van der Waals surface area (Å²) in [6.45, 7) is 0.509. The molecule has 2 aromatic carbocycles. The van der Waals surface area contributed by atoms with Crippen molar-refractivity contribution in [1.82, 2.24) is 15.2 Å². The molecule has 0 fully saturated rings. The number of aromatic amines is 1. The van der Waals surface area contributed by atoms with E-state index in [9.17, 15) is 0 Å². The summed E-state index contributed by atoms with van der Waals surface area (Å²) in [6.07, 6.45) is 0. The fourth-order valence-corrected chi connectivity index (χ4v) is 2.61. The van der Waals surface area contributed by atoms with Crippen LogP contribution in [-0.2, 0) is 6.61 Å². The predicted molar refractivity (Wildman–Crippen MR) is 94.5 cm³/mol. The zero-order valence-electron chi connectivity index (χ0n) is 12.9. The Morgan fingerprint density at radius 2 is 1.71 bits per heavy atom. The number of benzene rings is 2. The molecule has 0 aliphatic heterocycles. The van der Waals surface area contributed by atoms with E-state index in [4.69, 9.17) is 10.5 Å². The predicted octanol–water partition coefficient (Wildman–Crippen LogP) is 3.79. The summed E-state index contributed by atoms with van der Waals surface area (Å²) in [5, 5.41) is 7.70. The number of aromatic nitrogens is 3. The fourth-order valence-electron chi connectivity index (χ4n) is 2.61. The van der Waals surface area contributed by atoms with Crippen LogP contribution in [0, 0.1) is 0 Å². The van der Waals surface area contributed by atoms with Crippen LogP contribution in [0.15, 0.2) is 66.7 Å². The van der Waals surface area contributed by atoms with E-state index in [1.54, 1.807) is 0 Å². The quantitative estimate of drug-likeness (QED) is 0.600. The van der Waals surface area contributed by atoms with Crippen molar-refractivity contribution in [1.29, 1.82) is 0 Å². The fraction of sp³-hybridized carbons (Fsp3) is 0.0526. The van der Waals surface area contributed by atoms with Gasteiger partial charge in [-0.15, -0.1) is 0 Å². The Balaban J connectivity index is 1.67. The topological polar surface area (TPSA) is 76.8 Å². The van der Waals surface area contributed by atoms with E-state index in [1.165, 1.54) is 0 Å². The van der Waals surface area contributed by atoms with Crippen LogP contribution in [0.4, 0.5) is 5.82 Å². The third kappa shape index (κ3) is 2.67. The Labute approximate surface area is 139 Å². The molecule has 0 aliphatic rings. The Morgan fingerprint density at radius 1 is 0.917 bits per heavy atom. The number of fused-ring (bicyclic) bond motifs is 1. The molecule has 3 N–H and O–H groups in total. The molecule has 0 spiro atoms. The minimum absolute atomic E-state index is 0.509. The van der Waals surface area contributed by atoms with Gasteiger partial charge in [-0.2, -0.15) is 5.10 Å². The third-order valence-corrected chi connectivity index (χ3v) is 3.85. The molecule has 0 saturated heterocycles. The summed E-state index contributed by atoms with van der Waals surface area (Å²) in [4.78, 5) is 4.58. The minimum atomic E-state index is 0.509. The van der Waals surface area contributed by atoms with Crippen molar-refractivity contribution in [3.8, 4) is 17.0 Å². The highest BCUT2D eigenvalue weighted by Gasteiger charge is 2.10. The number of hydrogen-bond donors (Lipinski definition) is 2. The Kier molecular flexibility index (Phi) is 3.59. The van der Waals surface area contributed by atoms with Gasteiger partial charge in [-0.05, 0) is 29.8 Å². The molecule has 0 aliphatic carbocycles. The smallest absolute Gasteiger partial charge is 0.183 e. The normalized spacial score (nSPS) is 10.8. The van der Waals surface area contributed by atoms with Crippen molar-refractivity contribution < 1.29 is 4.74 Å². The SMILES string of the molecule is Nc1[nH]nc2nc(-c3ccccc3OCc3ccccc3)ccc12. The first-order chi connectivity index (χ1) is 11.8. The Hall–Kier alpha value is -3.34. The number of ether oxygens (including phenoxy) is 1. The molecule has 118 valence electrons. The highest BCUT2D eigenvalue weighted by Crippen LogP contribution is 2.30. The number of nitrogens with two attached hydrogens (primary N) is 1. The zero-order chi connectivity index (χ0) is 16.4. The van der Waals surface area contributed by atoms with Gasteiger partial charge in [-0.3, -0.25) is 5.10 Å². The third-order valence-electron chi connectivity index (χ3n) is 3.85. The van der Waals surface area contributed by atoms with Gasteiger partial charge in [0.1, 0.15) is 18.2 Å². The first-order valence-corrected chi connectivity index (χ1v) is 7.68. The molecule has 0 saturated carbocycles. The Morgan fingerprint density at radius 3 is 2.58 bits per heavy atom. The first-order valence-electron chi connectivity index (χ1n) is 7.68. The number of para-hydroxylation sites is 1. The average molecular weight is 316 g/mol. The average Bonchev–Trinajstić information content (AvgIpc) is 3.01. The summed E-state index contributed by atoms with van der Waals surface area (Å²) in [5.41, 5.74) is 9.28. The van der Waals surface area contributed by atoms with Crippen LogP contribution in [0.3, 0.4) is 0 Å². The van der Waals surface area contributed by atoms with Crippen LogP contribution in [0.25, 0.3) is 22.3 Å². The van der Waals surface area contributed by atoms with E-state index < -0.39 is 0 Å². The molecule has 0 amide bonds. The van der Waals surface area contributed by atoms with Crippen LogP contribution in [0.2, 0.25) is 0 Å². The lowest BCUT2D eigenvalue weighted by atomic mass is 10.1. The molecule has 2 heterocycles. The van der Waals surface area contributed by atoms with E-state index >= 15 is 0 Å². The van der Waals surface area contributed by atoms with Crippen LogP contribution in [0.5, 0.6) is 5.75 Å². The monoisotopic (exact) mass is 316 g/mol. The van der Waals surface area contributed by atoms with E-state index in [0.29, 0.717) is 18.1 Å². The summed E-state index contributed by atoms with van der Waals surface area (Å²) in [5.74, 6) is 1.31.